The summed E-state index contributed by atoms with van der Waals surface area (Å²) in [4.78, 5) is 12.2. The first-order valence-electron chi connectivity index (χ1n) is 8.85. The zero-order valence-corrected chi connectivity index (χ0v) is 15.9. The van der Waals surface area contributed by atoms with Crippen LogP contribution in [-0.2, 0) is 26.1 Å². The molecular weight excluding hydrogens is 380 g/mol. The lowest BCUT2D eigenvalue weighted by Gasteiger charge is -2.11. The summed E-state index contributed by atoms with van der Waals surface area (Å²) in [6, 6.07) is 14.4. The van der Waals surface area contributed by atoms with Crippen LogP contribution in [0.5, 0.6) is 0 Å². The first-order chi connectivity index (χ1) is 13.5. The molecule has 0 aliphatic carbocycles. The minimum Gasteiger partial charge on any atom is -0.457 e. The van der Waals surface area contributed by atoms with Gasteiger partial charge in [0.1, 0.15) is 6.61 Å². The average molecular weight is 400 g/mol. The SMILES string of the molecule is N#Cc1cccc(COC(=O)c2ccc(S(=O)(=O)NCC3CCCO3)cc2)c1. The second kappa shape index (κ2) is 8.97. The van der Waals surface area contributed by atoms with Crippen LogP contribution in [0.2, 0.25) is 0 Å². The minimum atomic E-state index is -3.67. The molecule has 1 heterocycles. The van der Waals surface area contributed by atoms with Crippen molar-refractivity contribution in [1.82, 2.24) is 4.72 Å². The Morgan fingerprint density at radius 3 is 2.71 bits per heavy atom. The zero-order chi connectivity index (χ0) is 20.0. The third kappa shape index (κ3) is 5.16. The van der Waals surface area contributed by atoms with E-state index in [1.165, 1.54) is 24.3 Å². The molecule has 0 aromatic heterocycles. The highest BCUT2D eigenvalue weighted by Crippen LogP contribution is 2.15. The molecule has 1 N–H and O–H groups in total. The molecule has 1 unspecified atom stereocenters. The Morgan fingerprint density at radius 1 is 1.25 bits per heavy atom. The van der Waals surface area contributed by atoms with Crippen molar-refractivity contribution in [3.63, 3.8) is 0 Å². The van der Waals surface area contributed by atoms with Gasteiger partial charge in [0.15, 0.2) is 0 Å². The number of ether oxygens (including phenoxy) is 2. The number of esters is 1. The van der Waals surface area contributed by atoms with Crippen LogP contribution in [0.15, 0.2) is 53.4 Å². The Hall–Kier alpha value is -2.73. The van der Waals surface area contributed by atoms with Crippen molar-refractivity contribution in [3.8, 4) is 6.07 Å². The Bertz CT molecular complexity index is 974. The van der Waals surface area contributed by atoms with E-state index in [1.54, 1.807) is 24.3 Å². The minimum absolute atomic E-state index is 0.0251. The molecule has 0 radical (unpaired) electrons. The highest BCUT2D eigenvalue weighted by Gasteiger charge is 2.20. The van der Waals surface area contributed by atoms with Crippen LogP contribution in [0, 0.1) is 11.3 Å². The molecule has 7 nitrogen and oxygen atoms in total. The van der Waals surface area contributed by atoms with Gasteiger partial charge < -0.3 is 9.47 Å². The van der Waals surface area contributed by atoms with Crippen molar-refractivity contribution < 1.29 is 22.7 Å². The number of hydrogen-bond donors (Lipinski definition) is 1. The van der Waals surface area contributed by atoms with Crippen LogP contribution in [-0.4, -0.2) is 33.6 Å². The van der Waals surface area contributed by atoms with E-state index in [0.717, 1.165) is 12.8 Å². The van der Waals surface area contributed by atoms with E-state index < -0.39 is 16.0 Å². The summed E-state index contributed by atoms with van der Waals surface area (Å²) in [5.41, 5.74) is 1.43. The van der Waals surface area contributed by atoms with E-state index in [2.05, 4.69) is 4.72 Å². The summed E-state index contributed by atoms with van der Waals surface area (Å²) in [6.45, 7) is 0.912. The van der Waals surface area contributed by atoms with E-state index in [4.69, 9.17) is 14.7 Å². The molecule has 1 aliphatic heterocycles. The monoisotopic (exact) mass is 400 g/mol. The van der Waals surface area contributed by atoms with Gasteiger partial charge in [-0.2, -0.15) is 5.26 Å². The largest absolute Gasteiger partial charge is 0.457 e. The van der Waals surface area contributed by atoms with Crippen LogP contribution in [0.4, 0.5) is 0 Å². The molecular formula is C20H20N2O5S. The molecule has 2 aromatic rings. The van der Waals surface area contributed by atoms with E-state index in [9.17, 15) is 13.2 Å². The molecule has 0 amide bonds. The Labute approximate surface area is 163 Å². The van der Waals surface area contributed by atoms with Gasteiger partial charge in [0, 0.05) is 13.2 Å². The average Bonchev–Trinajstić information content (AvgIpc) is 3.24. The summed E-state index contributed by atoms with van der Waals surface area (Å²) < 4.78 is 37.8. The quantitative estimate of drug-likeness (QED) is 0.716. The lowest BCUT2D eigenvalue weighted by Crippen LogP contribution is -2.31. The fraction of sp³-hybridized carbons (Fsp3) is 0.300. The normalized spacial score (nSPS) is 16.5. The number of carbonyl (C=O) groups is 1. The van der Waals surface area contributed by atoms with Gasteiger partial charge in [-0.1, -0.05) is 12.1 Å². The molecule has 0 saturated carbocycles. The fourth-order valence-electron chi connectivity index (χ4n) is 2.82. The molecule has 0 spiro atoms. The summed E-state index contributed by atoms with van der Waals surface area (Å²) in [6.07, 6.45) is 1.68. The maximum absolute atomic E-state index is 12.3. The van der Waals surface area contributed by atoms with Crippen LogP contribution >= 0.6 is 0 Å². The molecule has 1 fully saturated rings. The smallest absolute Gasteiger partial charge is 0.338 e. The van der Waals surface area contributed by atoms with Crippen molar-refractivity contribution >= 4 is 16.0 Å². The molecule has 1 atom stereocenters. The van der Waals surface area contributed by atoms with Crippen molar-refractivity contribution in [1.29, 1.82) is 5.26 Å². The number of nitrogens with one attached hydrogen (secondary N) is 1. The predicted octanol–water partition coefficient (Wildman–Crippen LogP) is 2.37. The van der Waals surface area contributed by atoms with E-state index in [1.807, 2.05) is 6.07 Å². The molecule has 28 heavy (non-hydrogen) atoms. The van der Waals surface area contributed by atoms with Crippen LogP contribution in [0.25, 0.3) is 0 Å². The Balaban J connectivity index is 1.58. The highest BCUT2D eigenvalue weighted by atomic mass is 32.2. The molecule has 0 bridgehead atoms. The molecule has 1 aliphatic rings. The highest BCUT2D eigenvalue weighted by molar-refractivity contribution is 7.89. The molecule has 1 saturated heterocycles. The molecule has 146 valence electrons. The fourth-order valence-corrected chi connectivity index (χ4v) is 3.89. The van der Waals surface area contributed by atoms with Gasteiger partial charge in [0.25, 0.3) is 0 Å². The van der Waals surface area contributed by atoms with Crippen molar-refractivity contribution in [2.24, 2.45) is 0 Å². The second-order valence-corrected chi connectivity index (χ2v) is 8.17. The lowest BCUT2D eigenvalue weighted by molar-refractivity contribution is 0.0472. The number of sulfonamides is 1. The van der Waals surface area contributed by atoms with Gasteiger partial charge in [-0.3, -0.25) is 0 Å². The Kier molecular flexibility index (Phi) is 6.41. The second-order valence-electron chi connectivity index (χ2n) is 6.40. The number of nitrogens with zero attached hydrogens (tertiary/aromatic N) is 1. The van der Waals surface area contributed by atoms with Crippen LogP contribution in [0.1, 0.15) is 34.3 Å². The number of benzene rings is 2. The predicted molar refractivity (Wildman–Crippen MR) is 101 cm³/mol. The van der Waals surface area contributed by atoms with Gasteiger partial charge in [-0.05, 0) is 54.8 Å². The molecule has 8 heteroatoms. The van der Waals surface area contributed by atoms with Gasteiger partial charge in [0.2, 0.25) is 10.0 Å². The van der Waals surface area contributed by atoms with Gasteiger partial charge in [-0.25, -0.2) is 17.9 Å². The number of hydrogen-bond acceptors (Lipinski definition) is 6. The van der Waals surface area contributed by atoms with Crippen LogP contribution < -0.4 is 4.72 Å². The number of nitriles is 1. The molecule has 2 aromatic carbocycles. The molecule has 3 rings (SSSR count). The maximum Gasteiger partial charge on any atom is 0.338 e. The van der Waals surface area contributed by atoms with Gasteiger partial charge in [0.05, 0.1) is 28.2 Å². The van der Waals surface area contributed by atoms with Crippen LogP contribution in [0.3, 0.4) is 0 Å². The van der Waals surface area contributed by atoms with Crippen molar-refractivity contribution in [2.45, 2.75) is 30.4 Å². The summed E-state index contributed by atoms with van der Waals surface area (Å²) in [5, 5.41) is 8.89. The first-order valence-corrected chi connectivity index (χ1v) is 10.3. The summed E-state index contributed by atoms with van der Waals surface area (Å²) in [5.74, 6) is -0.571. The van der Waals surface area contributed by atoms with E-state index >= 15 is 0 Å². The maximum atomic E-state index is 12.3. The van der Waals surface area contributed by atoms with E-state index in [-0.39, 0.29) is 29.7 Å². The zero-order valence-electron chi connectivity index (χ0n) is 15.1. The van der Waals surface area contributed by atoms with Gasteiger partial charge in [-0.15, -0.1) is 0 Å². The lowest BCUT2D eigenvalue weighted by atomic mass is 10.1. The summed E-state index contributed by atoms with van der Waals surface area (Å²) in [7, 11) is -3.67. The number of rotatable bonds is 7. The third-order valence-corrected chi connectivity index (χ3v) is 5.79. The van der Waals surface area contributed by atoms with Gasteiger partial charge >= 0.3 is 5.97 Å². The summed E-state index contributed by atoms with van der Waals surface area (Å²) >= 11 is 0. The first kappa shape index (κ1) is 20.0. The van der Waals surface area contributed by atoms with E-state index in [0.29, 0.717) is 17.7 Å². The van der Waals surface area contributed by atoms with Crippen molar-refractivity contribution in [2.75, 3.05) is 13.2 Å². The number of carbonyl (C=O) groups excluding carboxylic acids is 1. The third-order valence-electron chi connectivity index (χ3n) is 4.35. The Morgan fingerprint density at radius 2 is 2.04 bits per heavy atom. The topological polar surface area (TPSA) is 105 Å². The van der Waals surface area contributed by atoms with Crippen molar-refractivity contribution in [3.05, 3.63) is 65.2 Å². The standard InChI is InChI=1S/C20H20N2O5S/c21-12-15-3-1-4-16(11-15)14-27-20(23)17-6-8-19(9-7-17)28(24,25)22-13-18-5-2-10-26-18/h1,3-4,6-9,11,18,22H,2,5,10,13-14H2.